The molecule has 3 aromatic rings. The number of amides is 2. The number of nitrogens with zero attached hydrogens (tertiary/aromatic N) is 2. The average molecular weight is 344 g/mol. The average Bonchev–Trinajstić information content (AvgIpc) is 3.09. The lowest BCUT2D eigenvalue weighted by Crippen LogP contribution is -2.30. The van der Waals surface area contributed by atoms with Gasteiger partial charge in [0, 0.05) is 35.6 Å². The number of rotatable bonds is 1. The van der Waals surface area contributed by atoms with Crippen LogP contribution in [-0.2, 0) is 16.6 Å². The van der Waals surface area contributed by atoms with Gasteiger partial charge in [-0.15, -0.1) is 0 Å². The predicted octanol–water partition coefficient (Wildman–Crippen LogP) is 3.04. The summed E-state index contributed by atoms with van der Waals surface area (Å²) in [7, 11) is 1.86. The number of carbonyl (C=O) groups is 3. The van der Waals surface area contributed by atoms with E-state index in [-0.39, 0.29) is 24.0 Å². The first kappa shape index (κ1) is 15.1. The Morgan fingerprint density at radius 2 is 1.58 bits per heavy atom. The Bertz CT molecular complexity index is 1100. The zero-order valence-electron chi connectivity index (χ0n) is 14.2. The maximum Gasteiger partial charge on any atom is 0.243 e. The van der Waals surface area contributed by atoms with Crippen LogP contribution in [0.3, 0.4) is 0 Å². The third kappa shape index (κ3) is 1.77. The number of fused-ring (bicyclic) bond motifs is 5. The number of carbonyl (C=O) groups excluding carboxylic acids is 3. The first-order valence-electron chi connectivity index (χ1n) is 8.63. The van der Waals surface area contributed by atoms with E-state index in [0.29, 0.717) is 16.9 Å². The molecule has 1 aromatic heterocycles. The van der Waals surface area contributed by atoms with Crippen LogP contribution in [-0.4, -0.2) is 22.2 Å². The minimum atomic E-state index is -0.620. The molecule has 1 fully saturated rings. The van der Waals surface area contributed by atoms with Gasteiger partial charge in [0.15, 0.2) is 5.78 Å². The van der Waals surface area contributed by atoms with E-state index in [1.165, 1.54) is 4.90 Å². The fourth-order valence-electron chi connectivity index (χ4n) is 4.44. The third-order valence-corrected chi connectivity index (χ3v) is 5.57. The van der Waals surface area contributed by atoms with E-state index < -0.39 is 11.8 Å². The van der Waals surface area contributed by atoms with E-state index in [9.17, 15) is 14.4 Å². The molecule has 26 heavy (non-hydrogen) atoms. The second-order valence-electron chi connectivity index (χ2n) is 6.90. The van der Waals surface area contributed by atoms with Gasteiger partial charge in [0.2, 0.25) is 11.8 Å². The van der Waals surface area contributed by atoms with Crippen LogP contribution in [0.4, 0.5) is 5.69 Å². The van der Waals surface area contributed by atoms with Gasteiger partial charge in [-0.2, -0.15) is 0 Å². The molecule has 5 rings (SSSR count). The van der Waals surface area contributed by atoms with Gasteiger partial charge in [-0.05, 0) is 18.2 Å². The topological polar surface area (TPSA) is 59.4 Å². The molecule has 2 atom stereocenters. The van der Waals surface area contributed by atoms with Crippen LogP contribution in [0.25, 0.3) is 10.9 Å². The van der Waals surface area contributed by atoms with E-state index >= 15 is 0 Å². The summed E-state index contributed by atoms with van der Waals surface area (Å²) in [6, 6.07) is 16.6. The van der Waals surface area contributed by atoms with Gasteiger partial charge in [0.1, 0.15) is 0 Å². The van der Waals surface area contributed by atoms with Crippen molar-refractivity contribution >= 4 is 34.2 Å². The van der Waals surface area contributed by atoms with Gasteiger partial charge in [0.25, 0.3) is 0 Å². The molecule has 1 saturated heterocycles. The Labute approximate surface area is 149 Å². The van der Waals surface area contributed by atoms with Crippen LogP contribution in [0.1, 0.15) is 28.4 Å². The molecule has 0 spiro atoms. The molecule has 1 aliphatic carbocycles. The number of hydrogen-bond acceptors (Lipinski definition) is 3. The van der Waals surface area contributed by atoms with Crippen molar-refractivity contribution in [1.82, 2.24) is 4.57 Å². The normalized spacial score (nSPS) is 22.0. The lowest BCUT2D eigenvalue weighted by molar-refractivity contribution is -0.122. The van der Waals surface area contributed by atoms with Crippen LogP contribution < -0.4 is 4.90 Å². The van der Waals surface area contributed by atoms with Crippen molar-refractivity contribution in [3.63, 3.8) is 0 Å². The second kappa shape index (κ2) is 5.14. The van der Waals surface area contributed by atoms with Crippen molar-refractivity contribution in [2.45, 2.75) is 12.3 Å². The van der Waals surface area contributed by atoms with Crippen molar-refractivity contribution < 1.29 is 14.4 Å². The monoisotopic (exact) mass is 344 g/mol. The zero-order chi connectivity index (χ0) is 18.0. The highest BCUT2D eigenvalue weighted by atomic mass is 16.2. The highest BCUT2D eigenvalue weighted by molar-refractivity contribution is 6.27. The molecule has 0 N–H and O–H groups in total. The van der Waals surface area contributed by atoms with Gasteiger partial charge >= 0.3 is 0 Å². The summed E-state index contributed by atoms with van der Waals surface area (Å²) in [6.07, 6.45) is 0.0829. The van der Waals surface area contributed by atoms with Crippen LogP contribution in [0.5, 0.6) is 0 Å². The number of para-hydroxylation sites is 2. The van der Waals surface area contributed by atoms with E-state index in [0.717, 1.165) is 10.9 Å². The molecule has 5 nitrogen and oxygen atoms in total. The summed E-state index contributed by atoms with van der Waals surface area (Å²) in [6.45, 7) is 0. The second-order valence-corrected chi connectivity index (χ2v) is 6.90. The van der Waals surface area contributed by atoms with Gasteiger partial charge in [-0.1, -0.05) is 36.4 Å². The zero-order valence-corrected chi connectivity index (χ0v) is 14.2. The standard InChI is InChI=1S/C21H16N2O3/c1-22-15-10-6-5-9-13(15)17-16(24)11-14-18(19(17)22)21(26)23(20(14)25)12-7-3-2-4-8-12/h2-10,14,18H,11H2,1H3/t14-,18-/m0/s1. The molecule has 2 heterocycles. The molecule has 128 valence electrons. The largest absolute Gasteiger partial charge is 0.346 e. The Morgan fingerprint density at radius 1 is 0.885 bits per heavy atom. The molecule has 2 aromatic carbocycles. The molecule has 0 radical (unpaired) electrons. The summed E-state index contributed by atoms with van der Waals surface area (Å²) in [5, 5.41) is 0.854. The van der Waals surface area contributed by atoms with Crippen molar-refractivity contribution in [2.24, 2.45) is 13.0 Å². The lowest BCUT2D eigenvalue weighted by Gasteiger charge is -2.22. The van der Waals surface area contributed by atoms with Crippen LogP contribution in [0.15, 0.2) is 54.6 Å². The molecule has 0 bridgehead atoms. The van der Waals surface area contributed by atoms with E-state index in [1.54, 1.807) is 24.3 Å². The number of aryl methyl sites for hydroxylation is 1. The number of benzene rings is 2. The minimum absolute atomic E-state index is 0.0610. The van der Waals surface area contributed by atoms with E-state index in [4.69, 9.17) is 0 Å². The quantitative estimate of drug-likeness (QED) is 0.638. The highest BCUT2D eigenvalue weighted by Gasteiger charge is 2.54. The number of anilines is 1. The minimum Gasteiger partial charge on any atom is -0.346 e. The van der Waals surface area contributed by atoms with Crippen molar-refractivity contribution in [3.8, 4) is 0 Å². The predicted molar refractivity (Wildman–Crippen MR) is 97.0 cm³/mol. The van der Waals surface area contributed by atoms with E-state index in [2.05, 4.69) is 0 Å². The first-order valence-corrected chi connectivity index (χ1v) is 8.63. The van der Waals surface area contributed by atoms with Crippen molar-refractivity contribution in [2.75, 3.05) is 4.90 Å². The molecule has 0 saturated carbocycles. The van der Waals surface area contributed by atoms with Crippen LogP contribution in [0, 0.1) is 5.92 Å². The van der Waals surface area contributed by atoms with Crippen LogP contribution in [0.2, 0.25) is 0 Å². The van der Waals surface area contributed by atoms with Crippen LogP contribution >= 0.6 is 0 Å². The van der Waals surface area contributed by atoms with Crippen molar-refractivity contribution in [1.29, 1.82) is 0 Å². The Morgan fingerprint density at radius 3 is 2.35 bits per heavy atom. The summed E-state index contributed by atoms with van der Waals surface area (Å²) in [5.41, 5.74) is 2.74. The SMILES string of the molecule is Cn1c2c(c3ccccc31)C(=O)C[C@@H]1C(=O)N(c3ccccc3)C(=O)[C@H]21. The summed E-state index contributed by atoms with van der Waals surface area (Å²) in [4.78, 5) is 40.3. The fraction of sp³-hybridized carbons (Fsp3) is 0.190. The van der Waals surface area contributed by atoms with Gasteiger partial charge in [-0.3, -0.25) is 14.4 Å². The smallest absolute Gasteiger partial charge is 0.243 e. The number of Topliss-reactive ketones (excluding diaryl/α,β-unsaturated/α-hetero) is 1. The molecular weight excluding hydrogens is 328 g/mol. The molecular formula is C21H16N2O3. The summed E-state index contributed by atoms with van der Waals surface area (Å²) in [5.74, 6) is -1.81. The summed E-state index contributed by atoms with van der Waals surface area (Å²) >= 11 is 0. The summed E-state index contributed by atoms with van der Waals surface area (Å²) < 4.78 is 1.90. The molecule has 2 amide bonds. The van der Waals surface area contributed by atoms with E-state index in [1.807, 2.05) is 41.9 Å². The molecule has 0 unspecified atom stereocenters. The van der Waals surface area contributed by atoms with Crippen molar-refractivity contribution in [3.05, 3.63) is 65.9 Å². The number of imide groups is 1. The van der Waals surface area contributed by atoms with Gasteiger partial charge in [0.05, 0.1) is 17.5 Å². The third-order valence-electron chi connectivity index (χ3n) is 5.57. The molecule has 5 heteroatoms. The first-order chi connectivity index (χ1) is 12.6. The maximum atomic E-state index is 13.2. The Balaban J connectivity index is 1.74. The lowest BCUT2D eigenvalue weighted by atomic mass is 9.78. The highest BCUT2D eigenvalue weighted by Crippen LogP contribution is 2.47. The molecule has 1 aliphatic heterocycles. The number of hydrogen-bond donors (Lipinski definition) is 0. The molecule has 2 aliphatic rings. The Hall–Kier alpha value is -3.21. The Kier molecular flexibility index (Phi) is 2.98. The number of ketones is 1. The maximum absolute atomic E-state index is 13.2. The van der Waals surface area contributed by atoms with Gasteiger partial charge < -0.3 is 4.57 Å². The fourth-order valence-corrected chi connectivity index (χ4v) is 4.44. The number of aromatic nitrogens is 1. The van der Waals surface area contributed by atoms with Gasteiger partial charge in [-0.25, -0.2) is 4.90 Å².